The van der Waals surface area contributed by atoms with Gasteiger partial charge in [-0.25, -0.2) is 9.79 Å². The number of carbonyl (C=O) groups is 1. The lowest BCUT2D eigenvalue weighted by Crippen LogP contribution is -2.39. The fourth-order valence-electron chi connectivity index (χ4n) is 4.13. The van der Waals surface area contributed by atoms with Crippen LogP contribution in [-0.2, 0) is 9.53 Å². The number of carbonyl (C=O) groups excluding carboxylic acids is 1. The summed E-state index contributed by atoms with van der Waals surface area (Å²) < 4.78 is 18.9. The summed E-state index contributed by atoms with van der Waals surface area (Å²) in [5, 5.41) is 0. The Labute approximate surface area is 220 Å². The Morgan fingerprint density at radius 1 is 1.05 bits per heavy atom. The van der Waals surface area contributed by atoms with Gasteiger partial charge < -0.3 is 14.2 Å². The first-order valence-corrected chi connectivity index (χ1v) is 13.4. The second-order valence-corrected chi connectivity index (χ2v) is 9.72. The molecule has 37 heavy (non-hydrogen) atoms. The minimum Gasteiger partial charge on any atom is -0.494 e. The van der Waals surface area contributed by atoms with Crippen LogP contribution in [0.1, 0.15) is 58.2 Å². The number of fused-ring (bicyclic) bond motifs is 1. The molecule has 7 nitrogen and oxygen atoms in total. The normalized spacial score (nSPS) is 16.1. The third-order valence-electron chi connectivity index (χ3n) is 6.11. The van der Waals surface area contributed by atoms with Gasteiger partial charge in [-0.1, -0.05) is 42.5 Å². The Morgan fingerprint density at radius 3 is 2.35 bits per heavy atom. The topological polar surface area (TPSA) is 79.1 Å². The van der Waals surface area contributed by atoms with Crippen LogP contribution >= 0.6 is 11.3 Å². The molecule has 2 aromatic carbocycles. The molecule has 0 saturated carbocycles. The molecule has 0 unspecified atom stereocenters. The first-order chi connectivity index (χ1) is 17.9. The van der Waals surface area contributed by atoms with Gasteiger partial charge in [0, 0.05) is 0 Å². The highest BCUT2D eigenvalue weighted by Crippen LogP contribution is 2.31. The predicted octanol–water partition coefficient (Wildman–Crippen LogP) is 4.37. The van der Waals surface area contributed by atoms with Gasteiger partial charge in [-0.05, 0) is 75.6 Å². The van der Waals surface area contributed by atoms with Crippen molar-refractivity contribution in [2.75, 3.05) is 13.2 Å². The van der Waals surface area contributed by atoms with E-state index in [-0.39, 0.29) is 18.3 Å². The maximum Gasteiger partial charge on any atom is 0.338 e. The molecular weight excluding hydrogens is 488 g/mol. The van der Waals surface area contributed by atoms with E-state index in [0.29, 0.717) is 27.2 Å². The van der Waals surface area contributed by atoms with Crippen LogP contribution in [0.2, 0.25) is 0 Å². The number of thiazole rings is 1. The number of hydrogen-bond acceptors (Lipinski definition) is 7. The van der Waals surface area contributed by atoms with Crippen molar-refractivity contribution in [2.24, 2.45) is 4.99 Å². The fraction of sp³-hybridized carbons (Fsp3) is 0.345. The molecule has 1 aliphatic rings. The number of rotatable bonds is 9. The average molecular weight is 521 g/mol. The number of aromatic nitrogens is 1. The van der Waals surface area contributed by atoms with Crippen LogP contribution in [0.3, 0.4) is 0 Å². The molecule has 2 atom stereocenters. The minimum absolute atomic E-state index is 0.133. The summed E-state index contributed by atoms with van der Waals surface area (Å²) in [6, 6.07) is 14.4. The molecule has 2 heterocycles. The van der Waals surface area contributed by atoms with Crippen LogP contribution in [0.25, 0.3) is 6.08 Å². The standard InChI is InChI=1S/C29H32N2O5S/c1-6-18(4)36-23-13-9-20(10-14-23)17-24-27(32)31-26(21-11-15-22(16-12-21)34-7-2)25(28(33)35-8-3)19(5)30-29(31)37-24/h9-18,26H,6-8H2,1-5H3/b24-17+/t18-,26+/m1/s1. The van der Waals surface area contributed by atoms with Gasteiger partial charge in [0.1, 0.15) is 11.5 Å². The highest BCUT2D eigenvalue weighted by atomic mass is 32.1. The van der Waals surface area contributed by atoms with Gasteiger partial charge in [0.2, 0.25) is 0 Å². The molecular formula is C29H32N2O5S. The quantitative estimate of drug-likeness (QED) is 0.392. The number of benzene rings is 2. The largest absolute Gasteiger partial charge is 0.494 e. The highest BCUT2D eigenvalue weighted by Gasteiger charge is 2.33. The van der Waals surface area contributed by atoms with Crippen LogP contribution in [0.4, 0.5) is 0 Å². The minimum atomic E-state index is -0.653. The third kappa shape index (κ3) is 5.69. The molecule has 0 saturated heterocycles. The molecule has 0 bridgehead atoms. The van der Waals surface area contributed by atoms with Crippen LogP contribution < -0.4 is 24.4 Å². The fourth-order valence-corrected chi connectivity index (χ4v) is 5.18. The van der Waals surface area contributed by atoms with E-state index >= 15 is 0 Å². The monoisotopic (exact) mass is 520 g/mol. The Bertz CT molecular complexity index is 1470. The molecule has 0 fully saturated rings. The summed E-state index contributed by atoms with van der Waals surface area (Å²) in [6.45, 7) is 10.3. The van der Waals surface area contributed by atoms with Crippen LogP contribution in [0.5, 0.6) is 11.5 Å². The number of allylic oxidation sites excluding steroid dienone is 1. The third-order valence-corrected chi connectivity index (χ3v) is 7.10. The lowest BCUT2D eigenvalue weighted by molar-refractivity contribution is -0.139. The van der Waals surface area contributed by atoms with Crippen molar-refractivity contribution >= 4 is 23.4 Å². The van der Waals surface area contributed by atoms with E-state index in [1.807, 2.05) is 68.5 Å². The maximum absolute atomic E-state index is 13.7. The summed E-state index contributed by atoms with van der Waals surface area (Å²) in [6.07, 6.45) is 2.90. The molecule has 1 aliphatic heterocycles. The summed E-state index contributed by atoms with van der Waals surface area (Å²) in [7, 11) is 0. The van der Waals surface area contributed by atoms with Crippen molar-refractivity contribution in [3.8, 4) is 11.5 Å². The van der Waals surface area contributed by atoms with E-state index in [2.05, 4.69) is 11.9 Å². The Hall–Kier alpha value is -3.65. The molecule has 4 rings (SSSR count). The smallest absolute Gasteiger partial charge is 0.338 e. The van der Waals surface area contributed by atoms with Gasteiger partial charge in [-0.2, -0.15) is 0 Å². The first-order valence-electron chi connectivity index (χ1n) is 12.5. The van der Waals surface area contributed by atoms with Gasteiger partial charge in [-0.15, -0.1) is 0 Å². The zero-order chi connectivity index (χ0) is 26.5. The van der Waals surface area contributed by atoms with Crippen LogP contribution in [0.15, 0.2) is 69.6 Å². The van der Waals surface area contributed by atoms with Crippen molar-refractivity contribution in [1.82, 2.24) is 4.57 Å². The predicted molar refractivity (Wildman–Crippen MR) is 145 cm³/mol. The molecule has 0 aliphatic carbocycles. The van der Waals surface area contributed by atoms with E-state index in [4.69, 9.17) is 14.2 Å². The van der Waals surface area contributed by atoms with E-state index in [1.54, 1.807) is 18.4 Å². The highest BCUT2D eigenvalue weighted by molar-refractivity contribution is 7.07. The van der Waals surface area contributed by atoms with Crippen LogP contribution in [0, 0.1) is 0 Å². The van der Waals surface area contributed by atoms with E-state index in [0.717, 1.165) is 29.0 Å². The summed E-state index contributed by atoms with van der Waals surface area (Å²) >= 11 is 1.30. The Balaban J connectivity index is 1.80. The number of hydrogen-bond donors (Lipinski definition) is 0. The van der Waals surface area contributed by atoms with Gasteiger partial charge in [0.25, 0.3) is 5.56 Å². The van der Waals surface area contributed by atoms with E-state index in [1.165, 1.54) is 11.3 Å². The molecule has 194 valence electrons. The second-order valence-electron chi connectivity index (χ2n) is 8.71. The molecule has 8 heteroatoms. The van der Waals surface area contributed by atoms with Gasteiger partial charge in [0.05, 0.1) is 41.2 Å². The molecule has 3 aromatic rings. The molecule has 0 spiro atoms. The maximum atomic E-state index is 13.7. The summed E-state index contributed by atoms with van der Waals surface area (Å²) in [5.41, 5.74) is 2.34. The zero-order valence-corrected chi connectivity index (χ0v) is 22.6. The molecule has 0 radical (unpaired) electrons. The van der Waals surface area contributed by atoms with Crippen LogP contribution in [-0.4, -0.2) is 29.9 Å². The molecule has 0 N–H and O–H groups in total. The second kappa shape index (κ2) is 11.6. The van der Waals surface area contributed by atoms with Gasteiger partial charge >= 0.3 is 5.97 Å². The Morgan fingerprint density at radius 2 is 1.73 bits per heavy atom. The molecule has 1 aromatic heterocycles. The zero-order valence-electron chi connectivity index (χ0n) is 21.8. The van der Waals surface area contributed by atoms with Crippen molar-refractivity contribution in [3.05, 3.63) is 90.6 Å². The SMILES string of the molecule is CCOC(=O)C1=C(C)N=c2s/c(=C/c3ccc(O[C@H](C)CC)cc3)c(=O)n2[C@H]1c1ccc(OCC)cc1. The van der Waals surface area contributed by atoms with E-state index < -0.39 is 12.0 Å². The van der Waals surface area contributed by atoms with E-state index in [9.17, 15) is 9.59 Å². The molecule has 0 amide bonds. The number of nitrogens with zero attached hydrogens (tertiary/aromatic N) is 2. The summed E-state index contributed by atoms with van der Waals surface area (Å²) in [5.74, 6) is 1.03. The average Bonchev–Trinajstić information content (AvgIpc) is 3.19. The number of esters is 1. The number of ether oxygens (including phenoxy) is 3. The van der Waals surface area contributed by atoms with Gasteiger partial charge in [-0.3, -0.25) is 9.36 Å². The lowest BCUT2D eigenvalue weighted by Gasteiger charge is -2.24. The van der Waals surface area contributed by atoms with Gasteiger partial charge in [0.15, 0.2) is 4.80 Å². The first kappa shape index (κ1) is 26.4. The lowest BCUT2D eigenvalue weighted by atomic mass is 9.96. The van der Waals surface area contributed by atoms with Crippen molar-refractivity contribution in [1.29, 1.82) is 0 Å². The van der Waals surface area contributed by atoms with Crippen molar-refractivity contribution in [3.63, 3.8) is 0 Å². The summed E-state index contributed by atoms with van der Waals surface area (Å²) in [4.78, 5) is 31.9. The Kier molecular flexibility index (Phi) is 8.28. The van der Waals surface area contributed by atoms with Crippen molar-refractivity contribution < 1.29 is 19.0 Å². The van der Waals surface area contributed by atoms with Crippen molar-refractivity contribution in [2.45, 2.75) is 53.2 Å².